The third-order valence-electron chi connectivity index (χ3n) is 5.46. The van der Waals surface area contributed by atoms with Crippen molar-refractivity contribution >= 4 is 26.7 Å². The molecule has 0 aliphatic carbocycles. The van der Waals surface area contributed by atoms with E-state index in [-0.39, 0.29) is 65.5 Å². The van der Waals surface area contributed by atoms with Gasteiger partial charge in [-0.05, 0) is 6.42 Å². The van der Waals surface area contributed by atoms with Crippen molar-refractivity contribution in [1.29, 1.82) is 0 Å². The van der Waals surface area contributed by atoms with Crippen molar-refractivity contribution in [2.75, 3.05) is 20.8 Å². The summed E-state index contributed by atoms with van der Waals surface area (Å²) in [4.78, 5) is 11.6. The Bertz CT molecular complexity index is 956. The summed E-state index contributed by atoms with van der Waals surface area (Å²) in [5.41, 5.74) is 0. The fourth-order valence-corrected chi connectivity index (χ4v) is 4.76. The van der Waals surface area contributed by atoms with Gasteiger partial charge in [-0.3, -0.25) is 13.2 Å². The summed E-state index contributed by atoms with van der Waals surface area (Å²) in [5, 5.41) is 24.0. The Morgan fingerprint density at radius 3 is 1.92 bits per heavy atom. The van der Waals surface area contributed by atoms with E-state index in [4.69, 9.17) is 23.7 Å². The molecule has 0 aromatic heterocycles. The van der Waals surface area contributed by atoms with Gasteiger partial charge in [0.1, 0.15) is 36.6 Å². The Morgan fingerprint density at radius 1 is 0.895 bits per heavy atom. The van der Waals surface area contributed by atoms with Crippen LogP contribution in [0.3, 0.4) is 0 Å². The number of carbonyl (C=O) groups excluding carboxylic acids is 1. The van der Waals surface area contributed by atoms with Gasteiger partial charge in [0, 0.05) is 21.1 Å². The van der Waals surface area contributed by atoms with Gasteiger partial charge >= 0.3 is 59.1 Å². The number of rotatable bonds is 11. The molecule has 2 fully saturated rings. The van der Waals surface area contributed by atoms with Crippen LogP contribution in [0.1, 0.15) is 20.3 Å². The third kappa shape index (κ3) is 11.0. The van der Waals surface area contributed by atoms with Crippen LogP contribution in [0.4, 0.5) is 0 Å². The molecule has 3 N–H and O–H groups in total. The molecule has 1 amide bonds. The fourth-order valence-electron chi connectivity index (χ4n) is 3.98. The van der Waals surface area contributed by atoms with E-state index < -0.39 is 94.7 Å². The van der Waals surface area contributed by atoms with Gasteiger partial charge in [-0.15, -0.1) is 0 Å². The Labute approximate surface area is 264 Å². The van der Waals surface area contributed by atoms with E-state index in [0.717, 1.165) is 14.0 Å². The van der Waals surface area contributed by atoms with Gasteiger partial charge in [-0.1, -0.05) is 6.92 Å². The molecular weight excluding hydrogens is 584 g/mol. The van der Waals surface area contributed by atoms with E-state index in [1.54, 1.807) is 6.92 Å². The summed E-state index contributed by atoms with van der Waals surface area (Å²) in [6.45, 7) is 1.75. The second-order valence-corrected chi connectivity index (χ2v) is 9.96. The van der Waals surface area contributed by atoms with Crippen molar-refractivity contribution in [2.45, 2.75) is 81.6 Å². The molecule has 212 valence electrons. The molecule has 0 aromatic rings. The molecule has 2 rings (SSSR count). The normalized spacial score (nSPS) is 36.0. The first-order valence-corrected chi connectivity index (χ1v) is 13.2. The van der Waals surface area contributed by atoms with Crippen molar-refractivity contribution in [3.05, 3.63) is 0 Å². The molecule has 0 aromatic carbocycles. The number of methoxy groups -OCH3 is 2. The summed E-state index contributed by atoms with van der Waals surface area (Å²) >= 11 is 0. The SMILES string of the molecule is CCC1O[C@@H](O[C@H]2C(COS(=O)(=O)[O-])O[C@@H](OC)C(NC(C)=O)[C@@H]2O)C(OS(=O)(=O)[O-])[C@H](O)[C@H]1OC.[Na+].[Na+]. The first kappa shape index (κ1) is 38.9. The molecule has 0 spiro atoms. The largest absolute Gasteiger partial charge is 1.00 e. The Hall–Kier alpha value is 0.930. The molecule has 17 nitrogen and oxygen atoms in total. The molecule has 0 radical (unpaired) electrons. The van der Waals surface area contributed by atoms with Crippen molar-refractivity contribution in [3.8, 4) is 0 Å². The topological polar surface area (TPSA) is 249 Å². The Morgan fingerprint density at radius 2 is 1.47 bits per heavy atom. The molecule has 21 heteroatoms. The molecular formula is C17H29NNa2O16S2. The summed E-state index contributed by atoms with van der Waals surface area (Å²) in [5.74, 6) is -0.628. The van der Waals surface area contributed by atoms with Gasteiger partial charge < -0.3 is 48.3 Å². The van der Waals surface area contributed by atoms with Gasteiger partial charge in [0.05, 0.1) is 12.7 Å². The molecule has 10 atom stereocenters. The third-order valence-corrected chi connectivity index (χ3v) is 6.35. The predicted molar refractivity (Wildman–Crippen MR) is 110 cm³/mol. The minimum Gasteiger partial charge on any atom is -0.726 e. The van der Waals surface area contributed by atoms with E-state index >= 15 is 0 Å². The van der Waals surface area contributed by atoms with E-state index in [1.807, 2.05) is 0 Å². The van der Waals surface area contributed by atoms with Crippen LogP contribution < -0.4 is 64.4 Å². The minimum atomic E-state index is -5.42. The Kier molecular flexibility index (Phi) is 16.9. The van der Waals surface area contributed by atoms with Crippen molar-refractivity contribution in [3.63, 3.8) is 0 Å². The molecule has 2 aliphatic rings. The summed E-state index contributed by atoms with van der Waals surface area (Å²) in [6.07, 6.45) is -13.9. The van der Waals surface area contributed by atoms with Crippen molar-refractivity contribution in [1.82, 2.24) is 5.32 Å². The zero-order chi connectivity index (χ0) is 27.4. The van der Waals surface area contributed by atoms with Crippen LogP contribution in [0.15, 0.2) is 0 Å². The smallest absolute Gasteiger partial charge is 0.726 e. The first-order chi connectivity index (χ1) is 16.6. The molecule has 38 heavy (non-hydrogen) atoms. The summed E-state index contributed by atoms with van der Waals surface area (Å²) < 4.78 is 103. The van der Waals surface area contributed by atoms with E-state index in [1.165, 1.54) is 7.11 Å². The number of ether oxygens (including phenoxy) is 5. The van der Waals surface area contributed by atoms with Crippen LogP contribution in [0, 0.1) is 0 Å². The zero-order valence-corrected chi connectivity index (χ0v) is 27.2. The second kappa shape index (κ2) is 16.5. The number of hydrogen-bond acceptors (Lipinski definition) is 16. The maximum absolute atomic E-state index is 11.6. The summed E-state index contributed by atoms with van der Waals surface area (Å²) in [6, 6.07) is -1.32. The van der Waals surface area contributed by atoms with Gasteiger partial charge in [0.2, 0.25) is 26.7 Å². The standard InChI is InChI=1S/C17H31NO16S2.2Na/c1-5-8-13(28-3)12(21)15(34-36(25,26)27)17(31-8)33-14-9(6-30-35(22,23)24)32-16(29-4)10(11(14)20)18-7(2)19;;/h8-17,20-21H,5-6H2,1-4H3,(H,18,19)(H,22,23,24)(H,25,26,27);;/q;2*+1/p-2/t8?,9?,10?,11-,12+,13-,14-,15?,16+,17-;;/m0../s1. The van der Waals surface area contributed by atoms with Crippen molar-refractivity contribution < 1.29 is 132 Å². The predicted octanol–water partition coefficient (Wildman–Crippen LogP) is -9.55. The molecule has 2 saturated heterocycles. The molecule has 0 bridgehead atoms. The molecule has 2 aliphatic heterocycles. The van der Waals surface area contributed by atoms with Crippen molar-refractivity contribution in [2.24, 2.45) is 0 Å². The average Bonchev–Trinajstić information content (AvgIpc) is 2.76. The van der Waals surface area contributed by atoms with Crippen LogP contribution in [-0.4, -0.2) is 124 Å². The molecule has 4 unspecified atom stereocenters. The monoisotopic (exact) mass is 613 g/mol. The number of carbonyl (C=O) groups is 1. The minimum absolute atomic E-state index is 0. The van der Waals surface area contributed by atoms with Crippen LogP contribution in [0.25, 0.3) is 0 Å². The van der Waals surface area contributed by atoms with Crippen LogP contribution >= 0.6 is 0 Å². The van der Waals surface area contributed by atoms with Gasteiger partial charge in [0.25, 0.3) is 0 Å². The first-order valence-electron chi connectivity index (χ1n) is 10.5. The average molecular weight is 614 g/mol. The number of aliphatic hydroxyl groups is 2. The zero-order valence-electron chi connectivity index (χ0n) is 21.6. The number of nitrogens with one attached hydrogen (secondary N) is 1. The quantitative estimate of drug-likeness (QED) is 0.111. The van der Waals surface area contributed by atoms with Gasteiger partial charge in [-0.2, -0.15) is 0 Å². The van der Waals surface area contributed by atoms with E-state index in [0.29, 0.717) is 0 Å². The maximum Gasteiger partial charge on any atom is 1.00 e. The van der Waals surface area contributed by atoms with Crippen LogP contribution in [0.5, 0.6) is 0 Å². The number of aliphatic hydroxyl groups excluding tert-OH is 2. The van der Waals surface area contributed by atoms with E-state index in [9.17, 15) is 40.9 Å². The molecule has 2 heterocycles. The molecule has 0 saturated carbocycles. The van der Waals surface area contributed by atoms with Gasteiger partial charge in [0.15, 0.2) is 18.7 Å². The van der Waals surface area contributed by atoms with Gasteiger partial charge in [-0.25, -0.2) is 16.8 Å². The maximum atomic E-state index is 11.6. The number of amides is 1. The summed E-state index contributed by atoms with van der Waals surface area (Å²) in [7, 11) is -8.31. The number of hydrogen-bond donors (Lipinski definition) is 3. The van der Waals surface area contributed by atoms with E-state index in [2.05, 4.69) is 13.7 Å². The second-order valence-electron chi connectivity index (χ2n) is 7.90. The fraction of sp³-hybridized carbons (Fsp3) is 0.941. The Balaban J connectivity index is 0.00000684. The van der Waals surface area contributed by atoms with Crippen LogP contribution in [-0.2, 0) is 57.6 Å². The van der Waals surface area contributed by atoms with Crippen LogP contribution in [0.2, 0.25) is 0 Å².